The molecule has 2 aromatic carbocycles. The van der Waals surface area contributed by atoms with Gasteiger partial charge in [-0.3, -0.25) is 0 Å². The van der Waals surface area contributed by atoms with Crippen LogP contribution in [0.25, 0.3) is 11.5 Å². The van der Waals surface area contributed by atoms with Gasteiger partial charge in [-0.15, -0.1) is 5.10 Å². The maximum atomic E-state index is 13.0. The molecule has 0 spiro atoms. The Morgan fingerprint density at radius 3 is 2.83 bits per heavy atom. The van der Waals surface area contributed by atoms with Crippen LogP contribution in [0.4, 0.5) is 4.39 Å². The van der Waals surface area contributed by atoms with Crippen LogP contribution in [0.1, 0.15) is 23.3 Å². The number of aromatic nitrogens is 5. The van der Waals surface area contributed by atoms with Gasteiger partial charge in [0.2, 0.25) is 5.82 Å². The third kappa shape index (κ3) is 3.64. The van der Waals surface area contributed by atoms with Crippen LogP contribution in [-0.2, 0) is 24.5 Å². The molecule has 1 atom stereocenters. The molecular weight excluding hydrogens is 413 g/mol. The molecule has 8 nitrogen and oxygen atoms in total. The molecule has 0 unspecified atom stereocenters. The van der Waals surface area contributed by atoms with E-state index in [1.54, 1.807) is 4.68 Å². The predicted molar refractivity (Wildman–Crippen MR) is 103 cm³/mol. The Kier molecular flexibility index (Phi) is 4.89. The second-order valence-electron chi connectivity index (χ2n) is 6.64. The number of halogens is 2. The molecule has 3 heterocycles. The van der Waals surface area contributed by atoms with Crippen molar-refractivity contribution < 1.29 is 18.4 Å². The van der Waals surface area contributed by atoms with E-state index in [9.17, 15) is 4.39 Å². The predicted octanol–water partition coefficient (Wildman–Crippen LogP) is 3.97. The molecule has 0 N–H and O–H groups in total. The van der Waals surface area contributed by atoms with E-state index in [0.29, 0.717) is 28.8 Å². The molecule has 4 aromatic rings. The largest absolute Gasteiger partial charge is 0.484 e. The van der Waals surface area contributed by atoms with Gasteiger partial charge in [0.25, 0.3) is 5.89 Å². The topological polar surface area (TPSA) is 88.1 Å². The summed E-state index contributed by atoms with van der Waals surface area (Å²) in [6, 6.07) is 13.2. The maximum absolute atomic E-state index is 13.0. The van der Waals surface area contributed by atoms with Gasteiger partial charge in [-0.05, 0) is 30.3 Å². The summed E-state index contributed by atoms with van der Waals surface area (Å²) >= 11 is 6.28. The lowest BCUT2D eigenvalue weighted by Gasteiger charge is -2.24. The minimum Gasteiger partial charge on any atom is -0.484 e. The van der Waals surface area contributed by atoms with Crippen LogP contribution in [0.15, 0.2) is 53.1 Å². The van der Waals surface area contributed by atoms with Gasteiger partial charge in [0.15, 0.2) is 12.3 Å². The van der Waals surface area contributed by atoms with E-state index in [2.05, 4.69) is 20.5 Å². The fraction of sp³-hybridized carbons (Fsp3) is 0.200. The highest BCUT2D eigenvalue weighted by Gasteiger charge is 2.28. The second-order valence-corrected chi connectivity index (χ2v) is 7.05. The van der Waals surface area contributed by atoms with Crippen LogP contribution in [0, 0.1) is 5.82 Å². The monoisotopic (exact) mass is 427 g/mol. The Bertz CT molecular complexity index is 1180. The molecule has 0 saturated carbocycles. The van der Waals surface area contributed by atoms with E-state index in [-0.39, 0.29) is 31.0 Å². The van der Waals surface area contributed by atoms with Gasteiger partial charge in [-0.2, -0.15) is 4.98 Å². The molecule has 152 valence electrons. The van der Waals surface area contributed by atoms with Crippen molar-refractivity contribution >= 4 is 11.6 Å². The summed E-state index contributed by atoms with van der Waals surface area (Å²) in [7, 11) is 0. The smallest absolute Gasteiger partial charge is 0.264 e. The Morgan fingerprint density at radius 2 is 2.00 bits per heavy atom. The Labute approximate surface area is 175 Å². The summed E-state index contributed by atoms with van der Waals surface area (Å²) in [6.45, 7) is 0.811. The fourth-order valence-electron chi connectivity index (χ4n) is 3.20. The van der Waals surface area contributed by atoms with Crippen molar-refractivity contribution in [2.24, 2.45) is 0 Å². The highest BCUT2D eigenvalue weighted by Crippen LogP contribution is 2.32. The molecule has 0 fully saturated rings. The zero-order valence-corrected chi connectivity index (χ0v) is 16.3. The van der Waals surface area contributed by atoms with Crippen LogP contribution < -0.4 is 4.74 Å². The lowest BCUT2D eigenvalue weighted by Crippen LogP contribution is -2.22. The number of hydrogen-bond acceptors (Lipinski definition) is 7. The van der Waals surface area contributed by atoms with Crippen molar-refractivity contribution in [2.45, 2.75) is 25.9 Å². The molecule has 2 aromatic heterocycles. The van der Waals surface area contributed by atoms with E-state index >= 15 is 0 Å². The summed E-state index contributed by atoms with van der Waals surface area (Å²) < 4.78 is 31.5. The van der Waals surface area contributed by atoms with Crippen molar-refractivity contribution in [2.75, 3.05) is 0 Å². The van der Waals surface area contributed by atoms with Crippen molar-refractivity contribution in [1.82, 2.24) is 25.1 Å². The normalized spacial score (nSPS) is 15.7. The number of benzene rings is 2. The molecular formula is C20H15ClFN5O3. The van der Waals surface area contributed by atoms with Gasteiger partial charge in [-0.1, -0.05) is 40.2 Å². The summed E-state index contributed by atoms with van der Waals surface area (Å²) in [5.41, 5.74) is 2.15. The number of rotatable bonds is 5. The SMILES string of the molecule is Fc1ccc(OCc2nc(-c3nnn4c3CO[C@H](c3ccccc3Cl)C4)no2)cc1. The molecule has 0 saturated heterocycles. The lowest BCUT2D eigenvalue weighted by atomic mass is 10.1. The van der Waals surface area contributed by atoms with Gasteiger partial charge in [0, 0.05) is 10.6 Å². The first-order chi connectivity index (χ1) is 14.7. The molecule has 0 radical (unpaired) electrons. The molecule has 1 aliphatic rings. The van der Waals surface area contributed by atoms with Crippen LogP contribution in [0.2, 0.25) is 5.02 Å². The Hall–Kier alpha value is -3.30. The first-order valence-electron chi connectivity index (χ1n) is 9.17. The van der Waals surface area contributed by atoms with E-state index < -0.39 is 0 Å². The van der Waals surface area contributed by atoms with E-state index in [1.807, 2.05) is 24.3 Å². The standard InChI is InChI=1S/C20H15ClFN5O3/c21-15-4-2-1-3-14(15)17-9-27-16(10-29-17)19(24-26-27)20-23-18(30-25-20)11-28-13-7-5-12(22)6-8-13/h1-8,17H,9-11H2/t17-/m0/s1. The summed E-state index contributed by atoms with van der Waals surface area (Å²) in [5, 5.41) is 13.0. The minimum atomic E-state index is -0.335. The highest BCUT2D eigenvalue weighted by molar-refractivity contribution is 6.31. The van der Waals surface area contributed by atoms with Gasteiger partial charge >= 0.3 is 0 Å². The van der Waals surface area contributed by atoms with Crippen LogP contribution >= 0.6 is 11.6 Å². The maximum Gasteiger partial charge on any atom is 0.264 e. The quantitative estimate of drug-likeness (QED) is 0.476. The molecule has 0 aliphatic carbocycles. The van der Waals surface area contributed by atoms with Crippen molar-refractivity contribution in [3.05, 3.63) is 76.5 Å². The first-order valence-corrected chi connectivity index (χ1v) is 9.55. The highest BCUT2D eigenvalue weighted by atomic mass is 35.5. The first kappa shape index (κ1) is 18.7. The van der Waals surface area contributed by atoms with Crippen LogP contribution in [0.5, 0.6) is 5.75 Å². The van der Waals surface area contributed by atoms with Gasteiger partial charge in [0.1, 0.15) is 17.7 Å². The summed E-state index contributed by atoms with van der Waals surface area (Å²) in [6.07, 6.45) is -0.217. The Balaban J connectivity index is 1.30. The molecule has 10 heteroatoms. The molecule has 5 rings (SSSR count). The van der Waals surface area contributed by atoms with E-state index in [1.165, 1.54) is 24.3 Å². The lowest BCUT2D eigenvalue weighted by molar-refractivity contribution is -0.00106. The Morgan fingerprint density at radius 1 is 1.17 bits per heavy atom. The van der Waals surface area contributed by atoms with E-state index in [0.717, 1.165) is 11.3 Å². The molecule has 30 heavy (non-hydrogen) atoms. The summed E-state index contributed by atoms with van der Waals surface area (Å²) in [5.74, 6) is 0.727. The third-order valence-corrected chi connectivity index (χ3v) is 5.05. The zero-order chi connectivity index (χ0) is 20.5. The van der Waals surface area contributed by atoms with Crippen LogP contribution in [-0.4, -0.2) is 25.1 Å². The summed E-state index contributed by atoms with van der Waals surface area (Å²) in [4.78, 5) is 4.32. The van der Waals surface area contributed by atoms with Crippen molar-refractivity contribution in [1.29, 1.82) is 0 Å². The number of hydrogen-bond donors (Lipinski definition) is 0. The zero-order valence-electron chi connectivity index (χ0n) is 15.5. The molecule has 0 bridgehead atoms. The molecule has 1 aliphatic heterocycles. The average molecular weight is 428 g/mol. The van der Waals surface area contributed by atoms with Crippen molar-refractivity contribution in [3.63, 3.8) is 0 Å². The number of nitrogens with zero attached hydrogens (tertiary/aromatic N) is 5. The van der Waals surface area contributed by atoms with Gasteiger partial charge in [-0.25, -0.2) is 9.07 Å². The fourth-order valence-corrected chi connectivity index (χ4v) is 3.45. The third-order valence-electron chi connectivity index (χ3n) is 4.71. The van der Waals surface area contributed by atoms with E-state index in [4.69, 9.17) is 25.6 Å². The van der Waals surface area contributed by atoms with Crippen molar-refractivity contribution in [3.8, 4) is 17.3 Å². The average Bonchev–Trinajstić information content (AvgIpc) is 3.40. The molecule has 0 amide bonds. The second kappa shape index (κ2) is 7.85. The number of ether oxygens (including phenoxy) is 2. The van der Waals surface area contributed by atoms with Gasteiger partial charge in [0.05, 0.1) is 18.8 Å². The van der Waals surface area contributed by atoms with Gasteiger partial charge < -0.3 is 14.0 Å². The minimum absolute atomic E-state index is 0.0488. The number of fused-ring (bicyclic) bond motifs is 1. The van der Waals surface area contributed by atoms with Crippen LogP contribution in [0.3, 0.4) is 0 Å².